The van der Waals surface area contributed by atoms with E-state index in [-0.39, 0.29) is 0 Å². The Morgan fingerprint density at radius 3 is 2.60 bits per heavy atom. The molecule has 0 bridgehead atoms. The van der Waals surface area contributed by atoms with Crippen LogP contribution in [0.5, 0.6) is 0 Å². The number of likely N-dealkylation sites (N-methyl/N-ethyl adjacent to an activating group) is 1. The third-order valence-electron chi connectivity index (χ3n) is 3.89. The summed E-state index contributed by atoms with van der Waals surface area (Å²) in [5.41, 5.74) is 0. The number of piperidine rings is 1. The van der Waals surface area contributed by atoms with E-state index in [0.717, 1.165) is 12.0 Å². The van der Waals surface area contributed by atoms with E-state index in [2.05, 4.69) is 31.1 Å². The van der Waals surface area contributed by atoms with Gasteiger partial charge in [0.25, 0.3) is 0 Å². The lowest BCUT2D eigenvalue weighted by molar-refractivity contribution is 0.179. The number of nitrogens with zero attached hydrogens (tertiary/aromatic N) is 1. The SMILES string of the molecule is CCC(CC)CNCC1CCCCN1C. The van der Waals surface area contributed by atoms with Crippen LogP contribution in [0.3, 0.4) is 0 Å². The summed E-state index contributed by atoms with van der Waals surface area (Å²) in [6.45, 7) is 8.27. The molecule has 0 aromatic heterocycles. The Bertz CT molecular complexity index is 155. The van der Waals surface area contributed by atoms with Gasteiger partial charge < -0.3 is 10.2 Å². The van der Waals surface area contributed by atoms with Crippen LogP contribution in [0.25, 0.3) is 0 Å². The fraction of sp³-hybridized carbons (Fsp3) is 1.00. The highest BCUT2D eigenvalue weighted by atomic mass is 15.2. The summed E-state index contributed by atoms with van der Waals surface area (Å²) >= 11 is 0. The molecule has 1 fully saturated rings. The van der Waals surface area contributed by atoms with Crippen LogP contribution >= 0.6 is 0 Å². The molecular weight excluding hydrogens is 184 g/mol. The van der Waals surface area contributed by atoms with Crippen molar-refractivity contribution in [1.29, 1.82) is 0 Å². The number of likely N-dealkylation sites (tertiary alicyclic amines) is 1. The minimum atomic E-state index is 0.785. The van der Waals surface area contributed by atoms with E-state index in [0.29, 0.717) is 0 Å². The van der Waals surface area contributed by atoms with Gasteiger partial charge in [-0.1, -0.05) is 33.1 Å². The van der Waals surface area contributed by atoms with Gasteiger partial charge in [-0.2, -0.15) is 0 Å². The molecule has 1 heterocycles. The minimum Gasteiger partial charge on any atom is -0.315 e. The van der Waals surface area contributed by atoms with Gasteiger partial charge in [0.05, 0.1) is 0 Å². The molecule has 0 saturated carbocycles. The Labute approximate surface area is 95.4 Å². The quantitative estimate of drug-likeness (QED) is 0.728. The first-order valence-electron chi connectivity index (χ1n) is 6.68. The smallest absolute Gasteiger partial charge is 0.0217 e. The molecule has 1 atom stereocenters. The van der Waals surface area contributed by atoms with Gasteiger partial charge in [0, 0.05) is 12.6 Å². The van der Waals surface area contributed by atoms with E-state index >= 15 is 0 Å². The molecule has 90 valence electrons. The highest BCUT2D eigenvalue weighted by Crippen LogP contribution is 2.14. The van der Waals surface area contributed by atoms with Crippen LogP contribution in [-0.4, -0.2) is 37.6 Å². The van der Waals surface area contributed by atoms with E-state index in [1.165, 1.54) is 51.7 Å². The fourth-order valence-electron chi connectivity index (χ4n) is 2.43. The van der Waals surface area contributed by atoms with Crippen LogP contribution in [0.2, 0.25) is 0 Å². The largest absolute Gasteiger partial charge is 0.315 e. The molecule has 0 spiro atoms. The highest BCUT2D eigenvalue weighted by molar-refractivity contribution is 4.76. The average Bonchev–Trinajstić information content (AvgIpc) is 2.27. The highest BCUT2D eigenvalue weighted by Gasteiger charge is 2.18. The molecule has 1 unspecified atom stereocenters. The second-order valence-corrected chi connectivity index (χ2v) is 4.97. The van der Waals surface area contributed by atoms with Crippen molar-refractivity contribution in [2.75, 3.05) is 26.7 Å². The van der Waals surface area contributed by atoms with Crippen LogP contribution in [0.1, 0.15) is 46.0 Å². The maximum atomic E-state index is 3.65. The van der Waals surface area contributed by atoms with Crippen molar-refractivity contribution < 1.29 is 0 Å². The average molecular weight is 212 g/mol. The zero-order valence-corrected chi connectivity index (χ0v) is 10.8. The standard InChI is InChI=1S/C13H28N2/c1-4-12(5-2)10-14-11-13-8-6-7-9-15(13)3/h12-14H,4-11H2,1-3H3. The van der Waals surface area contributed by atoms with E-state index in [9.17, 15) is 0 Å². The van der Waals surface area contributed by atoms with Crippen molar-refractivity contribution in [2.24, 2.45) is 5.92 Å². The van der Waals surface area contributed by atoms with Gasteiger partial charge in [-0.25, -0.2) is 0 Å². The van der Waals surface area contributed by atoms with Crippen LogP contribution in [0.4, 0.5) is 0 Å². The van der Waals surface area contributed by atoms with Crippen molar-refractivity contribution in [3.05, 3.63) is 0 Å². The molecule has 0 aromatic carbocycles. The second-order valence-electron chi connectivity index (χ2n) is 4.97. The molecule has 1 rings (SSSR count). The Kier molecular flexibility index (Phi) is 6.26. The minimum absolute atomic E-state index is 0.785. The summed E-state index contributed by atoms with van der Waals surface area (Å²) in [7, 11) is 2.27. The molecule has 0 radical (unpaired) electrons. The van der Waals surface area contributed by atoms with Crippen molar-refractivity contribution in [1.82, 2.24) is 10.2 Å². The lowest BCUT2D eigenvalue weighted by atomic mass is 10.0. The first kappa shape index (κ1) is 13.0. The van der Waals surface area contributed by atoms with Gasteiger partial charge >= 0.3 is 0 Å². The Morgan fingerprint density at radius 1 is 1.27 bits per heavy atom. The van der Waals surface area contributed by atoms with Gasteiger partial charge in [-0.3, -0.25) is 0 Å². The Morgan fingerprint density at radius 2 is 2.00 bits per heavy atom. The van der Waals surface area contributed by atoms with Gasteiger partial charge in [0.1, 0.15) is 0 Å². The number of nitrogens with one attached hydrogen (secondary N) is 1. The third-order valence-corrected chi connectivity index (χ3v) is 3.89. The van der Waals surface area contributed by atoms with Crippen molar-refractivity contribution in [3.8, 4) is 0 Å². The molecule has 15 heavy (non-hydrogen) atoms. The van der Waals surface area contributed by atoms with Crippen molar-refractivity contribution in [3.63, 3.8) is 0 Å². The summed E-state index contributed by atoms with van der Waals surface area (Å²) in [5, 5.41) is 3.65. The van der Waals surface area contributed by atoms with E-state index in [1.807, 2.05) is 0 Å². The Hall–Kier alpha value is -0.0800. The molecule has 1 aliphatic heterocycles. The monoisotopic (exact) mass is 212 g/mol. The van der Waals surface area contributed by atoms with Gasteiger partial charge in [-0.15, -0.1) is 0 Å². The van der Waals surface area contributed by atoms with E-state index < -0.39 is 0 Å². The number of hydrogen-bond donors (Lipinski definition) is 1. The van der Waals surface area contributed by atoms with E-state index in [1.54, 1.807) is 0 Å². The number of rotatable bonds is 6. The molecule has 0 amide bonds. The first-order valence-corrected chi connectivity index (χ1v) is 6.68. The lowest BCUT2D eigenvalue weighted by Crippen LogP contribution is -2.43. The predicted octanol–water partition coefficient (Wildman–Crippen LogP) is 2.50. The molecule has 2 heteroatoms. The van der Waals surface area contributed by atoms with Crippen LogP contribution in [-0.2, 0) is 0 Å². The Balaban J connectivity index is 2.12. The maximum absolute atomic E-state index is 3.65. The van der Waals surface area contributed by atoms with Gasteiger partial charge in [0.15, 0.2) is 0 Å². The third kappa shape index (κ3) is 4.52. The van der Waals surface area contributed by atoms with Gasteiger partial charge in [-0.05, 0) is 38.9 Å². The molecule has 0 aliphatic carbocycles. The molecule has 0 aromatic rings. The molecule has 1 N–H and O–H groups in total. The fourth-order valence-corrected chi connectivity index (χ4v) is 2.43. The van der Waals surface area contributed by atoms with E-state index in [4.69, 9.17) is 0 Å². The van der Waals surface area contributed by atoms with Crippen molar-refractivity contribution in [2.45, 2.75) is 52.0 Å². The second kappa shape index (κ2) is 7.24. The van der Waals surface area contributed by atoms with Crippen LogP contribution in [0.15, 0.2) is 0 Å². The molecular formula is C13H28N2. The normalized spacial score (nSPS) is 23.6. The first-order chi connectivity index (χ1) is 7.27. The molecule has 2 nitrogen and oxygen atoms in total. The molecule has 1 aliphatic rings. The molecule has 1 saturated heterocycles. The summed E-state index contributed by atoms with van der Waals surface area (Å²) in [6.07, 6.45) is 6.81. The van der Waals surface area contributed by atoms with Crippen molar-refractivity contribution >= 4 is 0 Å². The summed E-state index contributed by atoms with van der Waals surface area (Å²) in [5.74, 6) is 0.874. The maximum Gasteiger partial charge on any atom is 0.0217 e. The van der Waals surface area contributed by atoms with Crippen LogP contribution in [0, 0.1) is 5.92 Å². The topological polar surface area (TPSA) is 15.3 Å². The lowest BCUT2D eigenvalue weighted by Gasteiger charge is -2.33. The van der Waals surface area contributed by atoms with Gasteiger partial charge in [0.2, 0.25) is 0 Å². The zero-order chi connectivity index (χ0) is 11.1. The number of hydrogen-bond acceptors (Lipinski definition) is 2. The zero-order valence-electron chi connectivity index (χ0n) is 10.8. The summed E-state index contributed by atoms with van der Waals surface area (Å²) in [4.78, 5) is 2.52. The summed E-state index contributed by atoms with van der Waals surface area (Å²) in [6, 6.07) is 0.785. The van der Waals surface area contributed by atoms with Crippen LogP contribution < -0.4 is 5.32 Å². The summed E-state index contributed by atoms with van der Waals surface area (Å²) < 4.78 is 0. The predicted molar refractivity (Wildman–Crippen MR) is 67.2 cm³/mol.